The van der Waals surface area contributed by atoms with Crippen LogP contribution in [-0.4, -0.2) is 49.7 Å². The van der Waals surface area contributed by atoms with Crippen LogP contribution in [0, 0.1) is 0 Å². The summed E-state index contributed by atoms with van der Waals surface area (Å²) in [5, 5.41) is 2.68. The maximum atomic E-state index is 5.72. The Balaban J connectivity index is 1.32. The lowest BCUT2D eigenvalue weighted by Crippen LogP contribution is -2.32. The third-order valence-electron chi connectivity index (χ3n) is 5.81. The second-order valence-electron chi connectivity index (χ2n) is 7.84. The van der Waals surface area contributed by atoms with Crippen molar-refractivity contribution in [2.24, 2.45) is 0 Å². The van der Waals surface area contributed by atoms with Gasteiger partial charge in [0.2, 0.25) is 0 Å². The van der Waals surface area contributed by atoms with Crippen molar-refractivity contribution in [1.82, 2.24) is 9.88 Å². The van der Waals surface area contributed by atoms with E-state index in [9.17, 15) is 0 Å². The molecule has 0 unspecified atom stereocenters. The lowest BCUT2D eigenvalue weighted by molar-refractivity contribution is 0.299. The highest BCUT2D eigenvalue weighted by atomic mass is 16.5. The minimum absolute atomic E-state index is 0.658. The van der Waals surface area contributed by atoms with Gasteiger partial charge < -0.3 is 9.64 Å². The van der Waals surface area contributed by atoms with Crippen molar-refractivity contribution in [2.75, 3.05) is 44.7 Å². The number of hydrogen-bond acceptors (Lipinski definition) is 4. The minimum Gasteiger partial charge on any atom is -0.490 e. The molecule has 0 saturated carbocycles. The molecular weight excluding hydrogens is 370 g/mol. The number of benzene rings is 2. The van der Waals surface area contributed by atoms with Crippen LogP contribution < -0.4 is 9.64 Å². The normalized spacial score (nSPS) is 14.5. The van der Waals surface area contributed by atoms with E-state index in [1.807, 2.05) is 25.3 Å². The molecule has 0 amide bonds. The fraction of sp³-hybridized carbons (Fsp3) is 0.346. The zero-order valence-electron chi connectivity index (χ0n) is 18.1. The maximum Gasteiger partial charge on any atom is 0.171 e. The van der Waals surface area contributed by atoms with E-state index in [1.165, 1.54) is 21.9 Å². The van der Waals surface area contributed by atoms with Gasteiger partial charge >= 0.3 is 0 Å². The molecule has 0 aliphatic carbocycles. The highest BCUT2D eigenvalue weighted by molar-refractivity contribution is 5.94. The number of fused-ring (bicyclic) bond motifs is 1. The molecule has 2 aromatic carbocycles. The SMILES string of the molecule is CCOc1cccnc1N(C)CCCN1CC=C(c2cccc3ccccc23)CC1. The second kappa shape index (κ2) is 9.77. The summed E-state index contributed by atoms with van der Waals surface area (Å²) in [6, 6.07) is 19.2. The molecule has 2 heterocycles. The summed E-state index contributed by atoms with van der Waals surface area (Å²) in [6.45, 7) is 6.87. The molecule has 156 valence electrons. The Bertz CT molecular complexity index is 1010. The van der Waals surface area contributed by atoms with E-state index in [4.69, 9.17) is 4.74 Å². The lowest BCUT2D eigenvalue weighted by Gasteiger charge is -2.28. The third-order valence-corrected chi connectivity index (χ3v) is 5.81. The predicted molar refractivity (Wildman–Crippen MR) is 126 cm³/mol. The maximum absolute atomic E-state index is 5.72. The van der Waals surface area contributed by atoms with Crippen LogP contribution in [0.25, 0.3) is 16.3 Å². The monoisotopic (exact) mass is 401 g/mol. The van der Waals surface area contributed by atoms with Gasteiger partial charge in [0.05, 0.1) is 6.61 Å². The van der Waals surface area contributed by atoms with Crippen molar-refractivity contribution < 1.29 is 4.74 Å². The van der Waals surface area contributed by atoms with Crippen molar-refractivity contribution in [3.05, 3.63) is 72.4 Å². The molecule has 4 rings (SSSR count). The predicted octanol–water partition coefficient (Wildman–Crippen LogP) is 5.25. The average molecular weight is 402 g/mol. The third kappa shape index (κ3) is 4.65. The van der Waals surface area contributed by atoms with E-state index in [2.05, 4.69) is 70.4 Å². The highest BCUT2D eigenvalue weighted by Crippen LogP contribution is 2.29. The van der Waals surface area contributed by atoms with E-state index in [1.54, 1.807) is 0 Å². The summed E-state index contributed by atoms with van der Waals surface area (Å²) >= 11 is 0. The van der Waals surface area contributed by atoms with Crippen LogP contribution in [0.1, 0.15) is 25.3 Å². The molecule has 0 saturated heterocycles. The Morgan fingerprint density at radius 2 is 1.93 bits per heavy atom. The highest BCUT2D eigenvalue weighted by Gasteiger charge is 2.15. The van der Waals surface area contributed by atoms with Crippen LogP contribution in [0.3, 0.4) is 0 Å². The average Bonchev–Trinajstić information content (AvgIpc) is 2.80. The summed E-state index contributed by atoms with van der Waals surface area (Å²) in [7, 11) is 2.10. The molecule has 4 heteroatoms. The van der Waals surface area contributed by atoms with Crippen LogP contribution in [0.5, 0.6) is 5.75 Å². The number of anilines is 1. The first-order chi connectivity index (χ1) is 14.8. The van der Waals surface area contributed by atoms with Gasteiger partial charge in [0.15, 0.2) is 11.6 Å². The van der Waals surface area contributed by atoms with E-state index >= 15 is 0 Å². The van der Waals surface area contributed by atoms with Crippen LogP contribution in [0.2, 0.25) is 0 Å². The number of hydrogen-bond donors (Lipinski definition) is 0. The van der Waals surface area contributed by atoms with Crippen LogP contribution >= 0.6 is 0 Å². The van der Waals surface area contributed by atoms with Crippen molar-refractivity contribution in [3.8, 4) is 5.75 Å². The van der Waals surface area contributed by atoms with Crippen LogP contribution in [-0.2, 0) is 0 Å². The van der Waals surface area contributed by atoms with E-state index in [0.717, 1.165) is 50.6 Å². The molecule has 0 bridgehead atoms. The Labute approximate surface area is 179 Å². The molecule has 0 spiro atoms. The summed E-state index contributed by atoms with van der Waals surface area (Å²) in [5.41, 5.74) is 2.88. The summed E-state index contributed by atoms with van der Waals surface area (Å²) in [4.78, 5) is 9.26. The molecule has 30 heavy (non-hydrogen) atoms. The fourth-order valence-electron chi connectivity index (χ4n) is 4.24. The van der Waals surface area contributed by atoms with Gasteiger partial charge in [-0.2, -0.15) is 0 Å². The van der Waals surface area contributed by atoms with Crippen molar-refractivity contribution in [2.45, 2.75) is 19.8 Å². The Kier molecular flexibility index (Phi) is 6.65. The van der Waals surface area contributed by atoms with Crippen LogP contribution in [0.15, 0.2) is 66.9 Å². The van der Waals surface area contributed by atoms with Crippen LogP contribution in [0.4, 0.5) is 5.82 Å². The van der Waals surface area contributed by atoms with Gasteiger partial charge in [-0.05, 0) is 53.8 Å². The molecular formula is C26H31N3O. The molecule has 0 fully saturated rings. The Morgan fingerprint density at radius 3 is 2.77 bits per heavy atom. The van der Waals surface area contributed by atoms with E-state index in [0.29, 0.717) is 6.61 Å². The summed E-state index contributed by atoms with van der Waals surface area (Å²) < 4.78 is 5.72. The summed E-state index contributed by atoms with van der Waals surface area (Å²) in [5.74, 6) is 1.79. The number of aromatic nitrogens is 1. The molecule has 4 nitrogen and oxygen atoms in total. The minimum atomic E-state index is 0.658. The summed E-state index contributed by atoms with van der Waals surface area (Å²) in [6.07, 6.45) is 6.47. The first-order valence-corrected chi connectivity index (χ1v) is 10.9. The molecule has 1 aromatic heterocycles. The molecule has 3 aromatic rings. The van der Waals surface area contributed by atoms with Gasteiger partial charge in [0.25, 0.3) is 0 Å². The topological polar surface area (TPSA) is 28.6 Å². The molecule has 0 N–H and O–H groups in total. The second-order valence-corrected chi connectivity index (χ2v) is 7.84. The standard InChI is InChI=1S/C26H31N3O/c1-3-30-25-13-7-16-27-26(25)28(2)17-8-18-29-19-14-22(15-20-29)24-12-6-10-21-9-4-5-11-23(21)24/h4-7,9-14,16H,3,8,15,17-20H2,1-2H3. The molecule has 0 atom stereocenters. The fourth-order valence-corrected chi connectivity index (χ4v) is 4.24. The Morgan fingerprint density at radius 1 is 1.07 bits per heavy atom. The van der Waals surface area contributed by atoms with Gasteiger partial charge in [-0.3, -0.25) is 4.90 Å². The largest absolute Gasteiger partial charge is 0.490 e. The smallest absolute Gasteiger partial charge is 0.171 e. The molecule has 1 aliphatic heterocycles. The first-order valence-electron chi connectivity index (χ1n) is 10.9. The quantitative estimate of drug-likeness (QED) is 0.515. The van der Waals surface area contributed by atoms with Crippen molar-refractivity contribution in [3.63, 3.8) is 0 Å². The number of pyridine rings is 1. The number of rotatable bonds is 8. The van der Waals surface area contributed by atoms with E-state index in [-0.39, 0.29) is 0 Å². The van der Waals surface area contributed by atoms with Gasteiger partial charge in [-0.15, -0.1) is 0 Å². The van der Waals surface area contributed by atoms with Gasteiger partial charge in [-0.1, -0.05) is 48.5 Å². The molecule has 0 radical (unpaired) electrons. The lowest BCUT2D eigenvalue weighted by atomic mass is 9.94. The van der Waals surface area contributed by atoms with Crippen molar-refractivity contribution >= 4 is 22.2 Å². The van der Waals surface area contributed by atoms with Gasteiger partial charge in [0, 0.05) is 39.4 Å². The zero-order valence-corrected chi connectivity index (χ0v) is 18.1. The zero-order chi connectivity index (χ0) is 20.8. The van der Waals surface area contributed by atoms with Gasteiger partial charge in [0.1, 0.15) is 0 Å². The number of nitrogens with zero attached hydrogens (tertiary/aromatic N) is 3. The Hall–Kier alpha value is -2.85. The van der Waals surface area contributed by atoms with E-state index < -0.39 is 0 Å². The van der Waals surface area contributed by atoms with Crippen molar-refractivity contribution in [1.29, 1.82) is 0 Å². The van der Waals surface area contributed by atoms with Gasteiger partial charge in [-0.25, -0.2) is 4.98 Å². The molecule has 1 aliphatic rings. The number of ether oxygens (including phenoxy) is 1. The first kappa shape index (κ1) is 20.4.